The van der Waals surface area contributed by atoms with Gasteiger partial charge in [-0.15, -0.1) is 0 Å². The summed E-state index contributed by atoms with van der Waals surface area (Å²) >= 11 is 0. The summed E-state index contributed by atoms with van der Waals surface area (Å²) in [6.07, 6.45) is 0.795. The molecule has 2 aromatic carbocycles. The number of hydrogen-bond acceptors (Lipinski definition) is 6. The van der Waals surface area contributed by atoms with E-state index in [1.807, 2.05) is 43.3 Å². The van der Waals surface area contributed by atoms with E-state index in [-0.39, 0.29) is 0 Å². The summed E-state index contributed by atoms with van der Waals surface area (Å²) < 4.78 is 10.1. The van der Waals surface area contributed by atoms with Crippen LogP contribution < -0.4 is 32.0 Å². The van der Waals surface area contributed by atoms with Gasteiger partial charge in [0.05, 0.1) is 25.6 Å². The number of nitrogens with one attached hydrogen (secondary N) is 1. The molecule has 6 nitrogen and oxygen atoms in total. The number of methoxy groups -OCH3 is 2. The van der Waals surface area contributed by atoms with E-state index in [9.17, 15) is 0 Å². The minimum absolute atomic E-state index is 0.608. The molecule has 6 heteroatoms. The molecule has 0 aliphatic rings. The van der Waals surface area contributed by atoms with Crippen LogP contribution in [0, 0.1) is 0 Å². The van der Waals surface area contributed by atoms with E-state index in [2.05, 4.69) is 5.32 Å². The largest absolute Gasteiger partial charge is 0.497 e. The van der Waals surface area contributed by atoms with Crippen molar-refractivity contribution in [3.63, 3.8) is 0 Å². The Kier molecular flexibility index (Phi) is 8.29. The van der Waals surface area contributed by atoms with E-state index in [0.29, 0.717) is 6.54 Å². The first-order valence-corrected chi connectivity index (χ1v) is 7.85. The summed E-state index contributed by atoms with van der Waals surface area (Å²) in [6.45, 7) is 3.49. The Morgan fingerprint density at radius 1 is 0.917 bits per heavy atom. The smallest absolute Gasteiger partial charge is 0.121 e. The molecule has 0 aliphatic heterocycles. The van der Waals surface area contributed by atoms with E-state index in [1.54, 1.807) is 14.2 Å². The lowest BCUT2D eigenvalue weighted by Gasteiger charge is -2.08. The monoisotopic (exact) mass is 332 g/mol. The van der Waals surface area contributed by atoms with Gasteiger partial charge in [0.2, 0.25) is 0 Å². The summed E-state index contributed by atoms with van der Waals surface area (Å²) in [5.74, 6) is 1.65. The van der Waals surface area contributed by atoms with Gasteiger partial charge in [0.1, 0.15) is 11.5 Å². The highest BCUT2D eigenvalue weighted by Crippen LogP contribution is 2.23. The van der Waals surface area contributed by atoms with Gasteiger partial charge in [-0.2, -0.15) is 0 Å². The summed E-state index contributed by atoms with van der Waals surface area (Å²) in [7, 11) is 3.28. The van der Waals surface area contributed by atoms with Crippen LogP contribution in [0.4, 0.5) is 17.1 Å². The molecule has 7 N–H and O–H groups in total. The maximum atomic E-state index is 5.72. The molecule has 0 bridgehead atoms. The average molecular weight is 332 g/mol. The van der Waals surface area contributed by atoms with Crippen molar-refractivity contribution in [2.45, 2.75) is 13.3 Å². The molecular formula is C18H28N4O2. The molecule has 0 radical (unpaired) electrons. The van der Waals surface area contributed by atoms with Gasteiger partial charge in [-0.1, -0.05) is 0 Å². The van der Waals surface area contributed by atoms with Crippen LogP contribution in [0.15, 0.2) is 36.4 Å². The lowest BCUT2D eigenvalue weighted by atomic mass is 10.1. The Bertz CT molecular complexity index is 577. The number of ether oxygens (including phenoxy) is 2. The lowest BCUT2D eigenvalue weighted by Crippen LogP contribution is -2.05. The molecule has 24 heavy (non-hydrogen) atoms. The van der Waals surface area contributed by atoms with Crippen LogP contribution in [-0.4, -0.2) is 27.3 Å². The van der Waals surface area contributed by atoms with Crippen molar-refractivity contribution >= 4 is 17.1 Å². The van der Waals surface area contributed by atoms with Crippen LogP contribution >= 0.6 is 0 Å². The van der Waals surface area contributed by atoms with E-state index in [4.69, 9.17) is 26.7 Å². The van der Waals surface area contributed by atoms with Crippen molar-refractivity contribution in [2.75, 3.05) is 44.1 Å². The van der Waals surface area contributed by atoms with E-state index >= 15 is 0 Å². The number of anilines is 3. The molecule has 0 amide bonds. The molecule has 0 fully saturated rings. The minimum atomic E-state index is 0.608. The fourth-order valence-electron chi connectivity index (χ4n) is 2.09. The summed E-state index contributed by atoms with van der Waals surface area (Å²) in [6, 6.07) is 11.2. The number of nitrogen functional groups attached to an aromatic ring is 2. The van der Waals surface area contributed by atoms with Gasteiger partial charge in [-0.25, -0.2) is 0 Å². The van der Waals surface area contributed by atoms with Crippen molar-refractivity contribution in [3.8, 4) is 11.5 Å². The highest BCUT2D eigenvalue weighted by atomic mass is 16.5. The van der Waals surface area contributed by atoms with Gasteiger partial charge in [0, 0.05) is 18.3 Å². The van der Waals surface area contributed by atoms with Crippen LogP contribution in [0.1, 0.15) is 12.5 Å². The minimum Gasteiger partial charge on any atom is -0.497 e. The molecule has 0 saturated carbocycles. The van der Waals surface area contributed by atoms with Gasteiger partial charge in [0.25, 0.3) is 0 Å². The van der Waals surface area contributed by atoms with Gasteiger partial charge < -0.3 is 32.0 Å². The molecule has 2 rings (SSSR count). The molecule has 0 atom stereocenters. The Hall–Kier alpha value is -2.60. The first-order chi connectivity index (χ1) is 11.5. The second-order valence-electron chi connectivity index (χ2n) is 5.09. The second kappa shape index (κ2) is 10.2. The highest BCUT2D eigenvalue weighted by molar-refractivity contribution is 5.68. The average Bonchev–Trinajstić information content (AvgIpc) is 2.60. The third-order valence-electron chi connectivity index (χ3n) is 3.39. The standard InChI is InChI=1S/2C9H14N2O/c1-12-8-2-3-9(11)7(6-8)4-5-10;1-3-11-9-6-7(12-2)4-5-8(9)10/h2-3,6H,4-5,10-11H2,1H3;4-6,11H,3,10H2,1-2H3. The van der Waals surface area contributed by atoms with Crippen molar-refractivity contribution in [1.29, 1.82) is 0 Å². The van der Waals surface area contributed by atoms with Crippen molar-refractivity contribution in [1.82, 2.24) is 0 Å². The lowest BCUT2D eigenvalue weighted by molar-refractivity contribution is 0.414. The van der Waals surface area contributed by atoms with Crippen LogP contribution in [-0.2, 0) is 6.42 Å². The van der Waals surface area contributed by atoms with Crippen LogP contribution in [0.3, 0.4) is 0 Å². The molecule has 0 aliphatic carbocycles. The Morgan fingerprint density at radius 3 is 2.04 bits per heavy atom. The topological polar surface area (TPSA) is 109 Å². The first kappa shape index (κ1) is 19.4. The third-order valence-corrected chi connectivity index (χ3v) is 3.39. The zero-order chi connectivity index (χ0) is 17.9. The van der Waals surface area contributed by atoms with Gasteiger partial charge >= 0.3 is 0 Å². The second-order valence-corrected chi connectivity index (χ2v) is 5.09. The molecule has 0 heterocycles. The maximum Gasteiger partial charge on any atom is 0.121 e. The van der Waals surface area contributed by atoms with Crippen LogP contribution in [0.25, 0.3) is 0 Å². The third kappa shape index (κ3) is 5.89. The highest BCUT2D eigenvalue weighted by Gasteiger charge is 2.00. The van der Waals surface area contributed by atoms with Gasteiger partial charge in [-0.3, -0.25) is 0 Å². The van der Waals surface area contributed by atoms with E-state index < -0.39 is 0 Å². The van der Waals surface area contributed by atoms with Crippen molar-refractivity contribution < 1.29 is 9.47 Å². The SMILES string of the molecule is CCNc1cc(OC)ccc1N.COc1ccc(N)c(CCN)c1. The van der Waals surface area contributed by atoms with E-state index in [1.165, 1.54) is 0 Å². The molecule has 0 aromatic heterocycles. The number of hydrogen-bond donors (Lipinski definition) is 4. The summed E-state index contributed by atoms with van der Waals surface area (Å²) in [5, 5.41) is 3.15. The molecular weight excluding hydrogens is 304 g/mol. The van der Waals surface area contributed by atoms with E-state index in [0.717, 1.165) is 47.1 Å². The van der Waals surface area contributed by atoms with Crippen molar-refractivity contribution in [2.24, 2.45) is 5.73 Å². The number of benzene rings is 2. The number of rotatable bonds is 6. The quantitative estimate of drug-likeness (QED) is 0.605. The molecule has 132 valence electrons. The molecule has 0 saturated heterocycles. The molecule has 2 aromatic rings. The fraction of sp³-hybridized carbons (Fsp3) is 0.333. The molecule has 0 unspecified atom stereocenters. The molecule has 0 spiro atoms. The summed E-state index contributed by atoms with van der Waals surface area (Å²) in [4.78, 5) is 0. The first-order valence-electron chi connectivity index (χ1n) is 7.85. The van der Waals surface area contributed by atoms with Crippen LogP contribution in [0.5, 0.6) is 11.5 Å². The predicted octanol–water partition coefficient (Wildman–Crippen LogP) is 2.49. The van der Waals surface area contributed by atoms with Crippen LogP contribution in [0.2, 0.25) is 0 Å². The Balaban J connectivity index is 0.000000240. The van der Waals surface area contributed by atoms with Gasteiger partial charge in [-0.05, 0) is 55.8 Å². The number of nitrogens with two attached hydrogens (primary N) is 3. The Morgan fingerprint density at radius 2 is 1.50 bits per heavy atom. The fourth-order valence-corrected chi connectivity index (χ4v) is 2.09. The Labute approximate surface area is 143 Å². The van der Waals surface area contributed by atoms with Gasteiger partial charge in [0.15, 0.2) is 0 Å². The zero-order valence-corrected chi connectivity index (χ0v) is 14.6. The normalized spacial score (nSPS) is 9.67. The maximum absolute atomic E-state index is 5.72. The summed E-state index contributed by atoms with van der Waals surface area (Å²) in [5.41, 5.74) is 20.4. The zero-order valence-electron chi connectivity index (χ0n) is 14.6. The van der Waals surface area contributed by atoms with Crippen molar-refractivity contribution in [3.05, 3.63) is 42.0 Å². The predicted molar refractivity (Wildman–Crippen MR) is 102 cm³/mol.